The molecule has 1 heterocycles. The molecule has 2 N–H and O–H groups in total. The lowest BCUT2D eigenvalue weighted by Gasteiger charge is -2.18. The molecule has 0 spiro atoms. The van der Waals surface area contributed by atoms with Gasteiger partial charge in [-0.2, -0.15) is 4.98 Å². The van der Waals surface area contributed by atoms with Crippen LogP contribution in [0.1, 0.15) is 35.5 Å². The van der Waals surface area contributed by atoms with Crippen molar-refractivity contribution in [3.05, 3.63) is 41.2 Å². The normalized spacial score (nSPS) is 11.7. The molecule has 10 nitrogen and oxygen atoms in total. The van der Waals surface area contributed by atoms with Crippen molar-refractivity contribution in [3.8, 4) is 17.5 Å². The Morgan fingerprint density at radius 1 is 1.13 bits per heavy atom. The van der Waals surface area contributed by atoms with Gasteiger partial charge in [-0.1, -0.05) is 12.1 Å². The van der Waals surface area contributed by atoms with Gasteiger partial charge in [-0.3, -0.25) is 4.79 Å². The number of carbonyl (C=O) groups excluding carboxylic acids is 1. The average molecular weight is 433 g/mol. The number of carbonyl (C=O) groups is 2. The van der Waals surface area contributed by atoms with E-state index in [0.29, 0.717) is 11.3 Å². The molecule has 1 unspecified atom stereocenters. The number of carboxylic acid groups (broad SMARTS) is 1. The van der Waals surface area contributed by atoms with Gasteiger partial charge in [0.25, 0.3) is 5.91 Å². The molecule has 2 aromatic rings. The number of aromatic nitrogens is 2. The SMILES string of the molecule is COc1cnc(C(=O)NCc2cc(CC(OC(C)C)C(=O)O)ccc2OC)c(OC)n1. The van der Waals surface area contributed by atoms with Crippen LogP contribution >= 0.6 is 0 Å². The first-order valence-corrected chi connectivity index (χ1v) is 9.56. The standard InChI is InChI=1S/C21H27N3O7/c1-12(2)31-16(21(26)27)9-13-6-7-15(28-3)14(8-13)10-23-19(25)18-20(30-5)24-17(29-4)11-22-18/h6-8,11-12,16H,9-10H2,1-5H3,(H,23,25)(H,26,27). The van der Waals surface area contributed by atoms with Crippen LogP contribution < -0.4 is 19.5 Å². The first-order chi connectivity index (χ1) is 14.8. The minimum Gasteiger partial charge on any atom is -0.496 e. The predicted molar refractivity (Wildman–Crippen MR) is 111 cm³/mol. The van der Waals surface area contributed by atoms with Gasteiger partial charge in [0.05, 0.1) is 33.6 Å². The number of carboxylic acids is 1. The molecule has 1 atom stereocenters. The summed E-state index contributed by atoms with van der Waals surface area (Å²) in [7, 11) is 4.33. The van der Waals surface area contributed by atoms with Gasteiger partial charge in [0.15, 0.2) is 11.8 Å². The first kappa shape index (κ1) is 23.9. The van der Waals surface area contributed by atoms with Crippen LogP contribution in [0.4, 0.5) is 0 Å². The van der Waals surface area contributed by atoms with Crippen molar-refractivity contribution in [2.45, 2.75) is 39.0 Å². The molecule has 0 fully saturated rings. The van der Waals surface area contributed by atoms with E-state index in [1.165, 1.54) is 27.5 Å². The third-order valence-corrected chi connectivity index (χ3v) is 4.25. The molecule has 1 aromatic heterocycles. The van der Waals surface area contributed by atoms with E-state index in [9.17, 15) is 14.7 Å². The summed E-state index contributed by atoms with van der Waals surface area (Å²) in [5.41, 5.74) is 1.41. The van der Waals surface area contributed by atoms with Crippen molar-refractivity contribution < 1.29 is 33.6 Å². The van der Waals surface area contributed by atoms with E-state index in [0.717, 1.165) is 5.56 Å². The zero-order valence-corrected chi connectivity index (χ0v) is 18.2. The molecular formula is C21H27N3O7. The highest BCUT2D eigenvalue weighted by Gasteiger charge is 2.21. The van der Waals surface area contributed by atoms with Crippen molar-refractivity contribution in [3.63, 3.8) is 0 Å². The van der Waals surface area contributed by atoms with Gasteiger partial charge >= 0.3 is 5.97 Å². The molecule has 0 radical (unpaired) electrons. The fourth-order valence-electron chi connectivity index (χ4n) is 2.85. The average Bonchev–Trinajstić information content (AvgIpc) is 2.76. The number of methoxy groups -OCH3 is 3. The third kappa shape index (κ3) is 6.54. The Kier molecular flexibility index (Phi) is 8.56. The lowest BCUT2D eigenvalue weighted by molar-refractivity contribution is -0.153. The van der Waals surface area contributed by atoms with E-state index in [1.54, 1.807) is 32.0 Å². The summed E-state index contributed by atoms with van der Waals surface area (Å²) in [4.78, 5) is 32.2. The number of hydrogen-bond donors (Lipinski definition) is 2. The second-order valence-electron chi connectivity index (χ2n) is 6.81. The Balaban J connectivity index is 2.18. The zero-order valence-electron chi connectivity index (χ0n) is 18.2. The summed E-state index contributed by atoms with van der Waals surface area (Å²) in [6.45, 7) is 3.68. The Morgan fingerprint density at radius 3 is 2.45 bits per heavy atom. The van der Waals surface area contributed by atoms with Crippen molar-refractivity contribution in [2.24, 2.45) is 0 Å². The fourth-order valence-corrected chi connectivity index (χ4v) is 2.85. The zero-order chi connectivity index (χ0) is 23.0. The summed E-state index contributed by atoms with van der Waals surface area (Å²) in [5, 5.41) is 12.1. The Morgan fingerprint density at radius 2 is 1.87 bits per heavy atom. The maximum atomic E-state index is 12.6. The summed E-state index contributed by atoms with van der Waals surface area (Å²) in [5.74, 6) is -0.726. The molecule has 168 valence electrons. The maximum absolute atomic E-state index is 12.6. The third-order valence-electron chi connectivity index (χ3n) is 4.25. The molecule has 0 saturated heterocycles. The van der Waals surface area contributed by atoms with Crippen LogP contribution in [0.2, 0.25) is 0 Å². The number of aliphatic carboxylic acids is 1. The van der Waals surface area contributed by atoms with Crippen molar-refractivity contribution >= 4 is 11.9 Å². The first-order valence-electron chi connectivity index (χ1n) is 9.56. The minimum absolute atomic E-state index is 0.00898. The van der Waals surface area contributed by atoms with Gasteiger partial charge < -0.3 is 29.4 Å². The Hall–Kier alpha value is -3.40. The predicted octanol–water partition coefficient (Wildman–Crippen LogP) is 1.85. The van der Waals surface area contributed by atoms with Crippen LogP contribution in [-0.4, -0.2) is 60.5 Å². The summed E-state index contributed by atoms with van der Waals surface area (Å²) < 4.78 is 20.9. The monoisotopic (exact) mass is 433 g/mol. The molecule has 31 heavy (non-hydrogen) atoms. The van der Waals surface area contributed by atoms with E-state index in [1.807, 2.05) is 0 Å². The highest BCUT2D eigenvalue weighted by atomic mass is 16.5. The van der Waals surface area contributed by atoms with Gasteiger partial charge in [-0.25, -0.2) is 9.78 Å². The number of nitrogens with zero attached hydrogens (tertiary/aromatic N) is 2. The molecule has 0 bridgehead atoms. The number of benzene rings is 1. The lowest BCUT2D eigenvalue weighted by Crippen LogP contribution is -2.29. The number of ether oxygens (including phenoxy) is 4. The number of hydrogen-bond acceptors (Lipinski definition) is 8. The smallest absolute Gasteiger partial charge is 0.333 e. The van der Waals surface area contributed by atoms with Crippen LogP contribution in [0.25, 0.3) is 0 Å². The molecule has 0 saturated carbocycles. The van der Waals surface area contributed by atoms with Crippen LogP contribution in [-0.2, 0) is 22.5 Å². The van der Waals surface area contributed by atoms with Gasteiger partial charge in [0.1, 0.15) is 5.75 Å². The summed E-state index contributed by atoms with van der Waals surface area (Å²) in [6.07, 6.45) is 0.295. The van der Waals surface area contributed by atoms with E-state index in [4.69, 9.17) is 18.9 Å². The van der Waals surface area contributed by atoms with E-state index < -0.39 is 18.0 Å². The molecule has 1 amide bonds. The molecule has 0 aliphatic heterocycles. The van der Waals surface area contributed by atoms with Crippen molar-refractivity contribution in [1.29, 1.82) is 0 Å². The second kappa shape index (κ2) is 11.1. The van der Waals surface area contributed by atoms with E-state index in [2.05, 4.69) is 15.3 Å². The summed E-state index contributed by atoms with van der Waals surface area (Å²) >= 11 is 0. The topological polar surface area (TPSA) is 129 Å². The maximum Gasteiger partial charge on any atom is 0.333 e. The quantitative estimate of drug-likeness (QED) is 0.545. The largest absolute Gasteiger partial charge is 0.496 e. The molecule has 1 aromatic carbocycles. The molecule has 0 aliphatic carbocycles. The number of rotatable bonds is 11. The highest BCUT2D eigenvalue weighted by Crippen LogP contribution is 2.22. The van der Waals surface area contributed by atoms with Crippen LogP contribution in [0.5, 0.6) is 17.5 Å². The van der Waals surface area contributed by atoms with Gasteiger partial charge in [-0.05, 0) is 25.5 Å². The van der Waals surface area contributed by atoms with Crippen LogP contribution in [0.3, 0.4) is 0 Å². The number of nitrogens with one attached hydrogen (secondary N) is 1. The van der Waals surface area contributed by atoms with Crippen LogP contribution in [0.15, 0.2) is 24.4 Å². The van der Waals surface area contributed by atoms with E-state index >= 15 is 0 Å². The molecular weight excluding hydrogens is 406 g/mol. The van der Waals surface area contributed by atoms with Gasteiger partial charge in [0, 0.05) is 18.5 Å². The molecule has 10 heteroatoms. The number of amides is 1. The molecule has 2 rings (SSSR count). The van der Waals surface area contributed by atoms with E-state index in [-0.39, 0.29) is 36.5 Å². The lowest BCUT2D eigenvalue weighted by atomic mass is 10.0. The minimum atomic E-state index is -1.04. The fraction of sp³-hybridized carbons (Fsp3) is 0.429. The van der Waals surface area contributed by atoms with Gasteiger partial charge in [0.2, 0.25) is 11.8 Å². The molecule has 0 aliphatic rings. The Bertz CT molecular complexity index is 918. The van der Waals surface area contributed by atoms with Gasteiger partial charge in [-0.15, -0.1) is 0 Å². The summed E-state index contributed by atoms with van der Waals surface area (Å²) in [6, 6.07) is 5.26. The van der Waals surface area contributed by atoms with Crippen molar-refractivity contribution in [1.82, 2.24) is 15.3 Å². The second-order valence-corrected chi connectivity index (χ2v) is 6.81. The van der Waals surface area contributed by atoms with Crippen molar-refractivity contribution in [2.75, 3.05) is 21.3 Å². The van der Waals surface area contributed by atoms with Crippen LogP contribution in [0, 0.1) is 0 Å². The Labute approximate surface area is 180 Å². The highest BCUT2D eigenvalue weighted by molar-refractivity contribution is 5.94.